The normalized spacial score (nSPS) is 13.3. The molecule has 3 aromatic rings. The summed E-state index contributed by atoms with van der Waals surface area (Å²) in [6, 6.07) is 11.7. The van der Waals surface area contributed by atoms with Crippen molar-refractivity contribution < 1.29 is 9.90 Å². The van der Waals surface area contributed by atoms with E-state index in [1.54, 1.807) is 62.5 Å². The summed E-state index contributed by atoms with van der Waals surface area (Å²) in [4.78, 5) is 25.5. The molecule has 0 spiro atoms. The standard InChI is InChI=1S/C21H20Cl2N2O3/c1-12(11-26)25-9-8-15-16(21(25)28)4-3-5-19(15)24-20(27)13(2)14-6-7-17(22)18(23)10-14/h3-10,12-13,26H,11H2,1-2H3,(H,24,27)/t12-,13?/m0/s1. The fourth-order valence-electron chi connectivity index (χ4n) is 3.01. The molecule has 1 unspecified atom stereocenters. The molecule has 1 amide bonds. The number of hydrogen-bond donors (Lipinski definition) is 2. The van der Waals surface area contributed by atoms with E-state index < -0.39 is 5.92 Å². The van der Waals surface area contributed by atoms with Gasteiger partial charge in [-0.05, 0) is 49.7 Å². The number of amides is 1. The van der Waals surface area contributed by atoms with Crippen molar-refractivity contribution in [2.24, 2.45) is 0 Å². The maximum atomic E-state index is 12.8. The number of aliphatic hydroxyl groups is 1. The van der Waals surface area contributed by atoms with Gasteiger partial charge in [0, 0.05) is 22.7 Å². The van der Waals surface area contributed by atoms with Gasteiger partial charge in [0.05, 0.1) is 28.6 Å². The first-order chi connectivity index (χ1) is 13.3. The molecule has 7 heteroatoms. The molecule has 0 saturated heterocycles. The minimum atomic E-state index is -0.459. The lowest BCUT2D eigenvalue weighted by molar-refractivity contribution is -0.117. The highest BCUT2D eigenvalue weighted by atomic mass is 35.5. The van der Waals surface area contributed by atoms with Crippen LogP contribution in [-0.2, 0) is 4.79 Å². The second-order valence-corrected chi connectivity index (χ2v) is 7.53. The fraction of sp³-hybridized carbons (Fsp3) is 0.238. The van der Waals surface area contributed by atoms with E-state index in [0.29, 0.717) is 26.5 Å². The van der Waals surface area contributed by atoms with Crippen LogP contribution in [0.2, 0.25) is 10.0 Å². The number of halogens is 2. The lowest BCUT2D eigenvalue weighted by Crippen LogP contribution is -2.25. The average Bonchev–Trinajstić information content (AvgIpc) is 2.69. The van der Waals surface area contributed by atoms with Gasteiger partial charge in [0.2, 0.25) is 5.91 Å². The zero-order valence-electron chi connectivity index (χ0n) is 15.4. The molecule has 1 aromatic heterocycles. The van der Waals surface area contributed by atoms with Gasteiger partial charge < -0.3 is 15.0 Å². The topological polar surface area (TPSA) is 71.3 Å². The quantitative estimate of drug-likeness (QED) is 0.635. The molecule has 146 valence electrons. The van der Waals surface area contributed by atoms with Crippen molar-refractivity contribution in [3.8, 4) is 0 Å². The highest BCUT2D eigenvalue weighted by Gasteiger charge is 2.18. The highest BCUT2D eigenvalue weighted by Crippen LogP contribution is 2.28. The minimum absolute atomic E-state index is 0.136. The molecule has 3 rings (SSSR count). The van der Waals surface area contributed by atoms with E-state index in [1.807, 2.05) is 0 Å². The lowest BCUT2D eigenvalue weighted by Gasteiger charge is -2.16. The first-order valence-electron chi connectivity index (χ1n) is 8.84. The van der Waals surface area contributed by atoms with Gasteiger partial charge in [-0.1, -0.05) is 35.3 Å². The summed E-state index contributed by atoms with van der Waals surface area (Å²) in [6.45, 7) is 3.40. The summed E-state index contributed by atoms with van der Waals surface area (Å²) in [6.07, 6.45) is 1.63. The number of carbonyl (C=O) groups excluding carboxylic acids is 1. The highest BCUT2D eigenvalue weighted by molar-refractivity contribution is 6.42. The Labute approximate surface area is 172 Å². The molecule has 0 aliphatic carbocycles. The van der Waals surface area contributed by atoms with Gasteiger partial charge in [0.1, 0.15) is 0 Å². The Kier molecular flexibility index (Phi) is 6.08. The molecular weight excluding hydrogens is 399 g/mol. The average molecular weight is 419 g/mol. The molecule has 0 radical (unpaired) electrons. The maximum Gasteiger partial charge on any atom is 0.258 e. The van der Waals surface area contributed by atoms with Crippen molar-refractivity contribution in [3.05, 3.63) is 74.6 Å². The van der Waals surface area contributed by atoms with Crippen molar-refractivity contribution in [2.75, 3.05) is 11.9 Å². The number of hydrogen-bond acceptors (Lipinski definition) is 3. The van der Waals surface area contributed by atoms with Gasteiger partial charge >= 0.3 is 0 Å². The molecular formula is C21H20Cl2N2O3. The zero-order valence-corrected chi connectivity index (χ0v) is 17.0. The molecule has 2 N–H and O–H groups in total. The number of rotatable bonds is 5. The Morgan fingerprint density at radius 1 is 1.11 bits per heavy atom. The SMILES string of the molecule is CC(C(=O)Nc1cccc2c(=O)n([C@@H](C)CO)ccc12)c1ccc(Cl)c(Cl)c1. The monoisotopic (exact) mass is 418 g/mol. The summed E-state index contributed by atoms with van der Waals surface area (Å²) in [5.41, 5.74) is 1.08. The minimum Gasteiger partial charge on any atom is -0.394 e. The summed E-state index contributed by atoms with van der Waals surface area (Å²) in [7, 11) is 0. The lowest BCUT2D eigenvalue weighted by atomic mass is 10.00. The number of benzene rings is 2. The van der Waals surface area contributed by atoms with Crippen LogP contribution in [0.5, 0.6) is 0 Å². The summed E-state index contributed by atoms with van der Waals surface area (Å²) < 4.78 is 1.48. The van der Waals surface area contributed by atoms with Crippen LogP contribution in [0.1, 0.15) is 31.4 Å². The van der Waals surface area contributed by atoms with E-state index in [4.69, 9.17) is 23.2 Å². The summed E-state index contributed by atoms with van der Waals surface area (Å²) >= 11 is 12.0. The maximum absolute atomic E-state index is 12.8. The zero-order chi connectivity index (χ0) is 20.4. The third-order valence-corrected chi connectivity index (χ3v) is 5.55. The molecule has 0 aliphatic heterocycles. The number of anilines is 1. The second kappa shape index (κ2) is 8.35. The van der Waals surface area contributed by atoms with Gasteiger partial charge in [0.25, 0.3) is 5.56 Å². The Morgan fingerprint density at radius 3 is 2.54 bits per heavy atom. The predicted octanol–water partition coefficient (Wildman–Crippen LogP) is 4.60. The Morgan fingerprint density at radius 2 is 1.86 bits per heavy atom. The third-order valence-electron chi connectivity index (χ3n) is 4.81. The summed E-state index contributed by atoms with van der Waals surface area (Å²) in [5.74, 6) is -0.682. The molecule has 0 fully saturated rings. The van der Waals surface area contributed by atoms with Crippen LogP contribution < -0.4 is 10.9 Å². The van der Waals surface area contributed by atoms with Gasteiger partial charge in [-0.2, -0.15) is 0 Å². The van der Waals surface area contributed by atoms with Gasteiger partial charge in [-0.3, -0.25) is 9.59 Å². The van der Waals surface area contributed by atoms with E-state index in [-0.39, 0.29) is 24.1 Å². The van der Waals surface area contributed by atoms with Crippen molar-refractivity contribution in [1.82, 2.24) is 4.57 Å². The van der Waals surface area contributed by atoms with Gasteiger partial charge in [0.15, 0.2) is 0 Å². The van der Waals surface area contributed by atoms with Crippen LogP contribution in [0.4, 0.5) is 5.69 Å². The van der Waals surface area contributed by atoms with Crippen LogP contribution in [0, 0.1) is 0 Å². The number of nitrogens with zero attached hydrogens (tertiary/aromatic N) is 1. The molecule has 28 heavy (non-hydrogen) atoms. The Hall–Kier alpha value is -2.34. The summed E-state index contributed by atoms with van der Waals surface area (Å²) in [5, 5.41) is 14.2. The van der Waals surface area contributed by atoms with E-state index in [9.17, 15) is 14.7 Å². The van der Waals surface area contributed by atoms with E-state index in [2.05, 4.69) is 5.32 Å². The second-order valence-electron chi connectivity index (χ2n) is 6.71. The van der Waals surface area contributed by atoms with Gasteiger partial charge in [-0.15, -0.1) is 0 Å². The Bertz CT molecular complexity index is 1090. The van der Waals surface area contributed by atoms with Crippen molar-refractivity contribution in [1.29, 1.82) is 0 Å². The smallest absolute Gasteiger partial charge is 0.258 e. The Balaban J connectivity index is 1.93. The van der Waals surface area contributed by atoms with Gasteiger partial charge in [-0.25, -0.2) is 0 Å². The van der Waals surface area contributed by atoms with E-state index >= 15 is 0 Å². The number of fused-ring (bicyclic) bond motifs is 1. The number of pyridine rings is 1. The van der Waals surface area contributed by atoms with Crippen molar-refractivity contribution in [2.45, 2.75) is 25.8 Å². The molecule has 5 nitrogen and oxygen atoms in total. The number of aromatic nitrogens is 1. The van der Waals surface area contributed by atoms with Crippen LogP contribution in [0.15, 0.2) is 53.5 Å². The number of carbonyl (C=O) groups is 1. The fourth-order valence-corrected chi connectivity index (χ4v) is 3.32. The molecule has 1 heterocycles. The predicted molar refractivity (Wildman–Crippen MR) is 114 cm³/mol. The first kappa shape index (κ1) is 20.4. The van der Waals surface area contributed by atoms with Crippen LogP contribution >= 0.6 is 23.2 Å². The van der Waals surface area contributed by atoms with Crippen LogP contribution in [0.3, 0.4) is 0 Å². The van der Waals surface area contributed by atoms with E-state index in [0.717, 1.165) is 5.56 Å². The molecule has 0 bridgehead atoms. The molecule has 0 aliphatic rings. The third kappa shape index (κ3) is 3.92. The number of aliphatic hydroxyl groups excluding tert-OH is 1. The van der Waals surface area contributed by atoms with Crippen molar-refractivity contribution in [3.63, 3.8) is 0 Å². The molecule has 0 saturated carbocycles. The molecule has 2 atom stereocenters. The number of nitrogens with one attached hydrogen (secondary N) is 1. The molecule has 2 aromatic carbocycles. The largest absolute Gasteiger partial charge is 0.394 e. The van der Waals surface area contributed by atoms with E-state index in [1.165, 1.54) is 4.57 Å². The van der Waals surface area contributed by atoms with Crippen LogP contribution in [-0.4, -0.2) is 22.2 Å². The van der Waals surface area contributed by atoms with Crippen molar-refractivity contribution >= 4 is 45.6 Å². The first-order valence-corrected chi connectivity index (χ1v) is 9.59. The van der Waals surface area contributed by atoms with Crippen LogP contribution in [0.25, 0.3) is 10.8 Å².